The largest absolute Gasteiger partial charge is 0.348 e. The summed E-state index contributed by atoms with van der Waals surface area (Å²) in [5.74, 6) is 2.44. The summed E-state index contributed by atoms with van der Waals surface area (Å²) >= 11 is 3.98. The third-order valence-electron chi connectivity index (χ3n) is 5.56. The first-order valence-electron chi connectivity index (χ1n) is 10.3. The molecule has 3 nitrogen and oxygen atoms in total. The van der Waals surface area contributed by atoms with Gasteiger partial charge in [0, 0.05) is 29.2 Å². The third-order valence-corrected chi connectivity index (χ3v) is 8.66. The fraction of sp³-hybridized carbons (Fsp3) is 0.435. The SMILES string of the molecule is O=C(NCc1ccc(C[NH+]2CCCCC2)cc1)c1ccc(C2SCCS2)cc1. The van der Waals surface area contributed by atoms with Crippen LogP contribution in [-0.2, 0) is 13.1 Å². The first-order chi connectivity index (χ1) is 13.8. The Morgan fingerprint density at radius 2 is 1.54 bits per heavy atom. The molecule has 0 aromatic heterocycles. The first kappa shape index (κ1) is 19.9. The quantitative estimate of drug-likeness (QED) is 0.758. The van der Waals surface area contributed by atoms with Crippen molar-refractivity contribution in [3.63, 3.8) is 0 Å². The van der Waals surface area contributed by atoms with Crippen LogP contribution in [0.25, 0.3) is 0 Å². The summed E-state index contributed by atoms with van der Waals surface area (Å²) in [5.41, 5.74) is 4.60. The fourth-order valence-electron chi connectivity index (χ4n) is 3.92. The summed E-state index contributed by atoms with van der Waals surface area (Å²) in [6, 6.07) is 16.8. The van der Waals surface area contributed by atoms with Gasteiger partial charge in [0.2, 0.25) is 0 Å². The van der Waals surface area contributed by atoms with Gasteiger partial charge < -0.3 is 10.2 Å². The lowest BCUT2D eigenvalue weighted by Gasteiger charge is -2.23. The van der Waals surface area contributed by atoms with Gasteiger partial charge in [0.15, 0.2) is 0 Å². The predicted octanol–water partition coefficient (Wildman–Crippen LogP) is 3.66. The van der Waals surface area contributed by atoms with E-state index in [1.807, 2.05) is 35.7 Å². The van der Waals surface area contributed by atoms with Crippen LogP contribution in [0.15, 0.2) is 48.5 Å². The van der Waals surface area contributed by atoms with E-state index in [1.165, 1.54) is 55.0 Å². The molecular weight excluding hydrogens is 384 g/mol. The van der Waals surface area contributed by atoms with E-state index in [2.05, 4.69) is 41.7 Å². The minimum absolute atomic E-state index is 0.000107. The Hall–Kier alpha value is -1.43. The summed E-state index contributed by atoms with van der Waals surface area (Å²) in [6.07, 6.45) is 4.11. The highest BCUT2D eigenvalue weighted by Crippen LogP contribution is 2.45. The van der Waals surface area contributed by atoms with Gasteiger partial charge >= 0.3 is 0 Å². The van der Waals surface area contributed by atoms with Crippen LogP contribution in [0.5, 0.6) is 0 Å². The van der Waals surface area contributed by atoms with Crippen molar-refractivity contribution in [1.82, 2.24) is 5.32 Å². The van der Waals surface area contributed by atoms with E-state index in [0.717, 1.165) is 17.7 Å². The van der Waals surface area contributed by atoms with Crippen molar-refractivity contribution in [2.45, 2.75) is 36.9 Å². The number of carbonyl (C=O) groups excluding carboxylic acids is 1. The van der Waals surface area contributed by atoms with Crippen LogP contribution >= 0.6 is 23.5 Å². The lowest BCUT2D eigenvalue weighted by atomic mass is 10.1. The molecule has 1 amide bonds. The lowest BCUT2D eigenvalue weighted by molar-refractivity contribution is -0.918. The molecule has 2 saturated heterocycles. The molecule has 0 atom stereocenters. The topological polar surface area (TPSA) is 33.5 Å². The Morgan fingerprint density at radius 1 is 0.893 bits per heavy atom. The summed E-state index contributed by atoms with van der Waals surface area (Å²) in [4.78, 5) is 14.2. The molecule has 4 rings (SSSR count). The van der Waals surface area contributed by atoms with Gasteiger partial charge in [-0.2, -0.15) is 0 Å². The second kappa shape index (κ2) is 9.86. The van der Waals surface area contributed by atoms with Gasteiger partial charge in [0.05, 0.1) is 17.7 Å². The minimum atomic E-state index is 0.000107. The van der Waals surface area contributed by atoms with Crippen molar-refractivity contribution >= 4 is 29.4 Å². The molecule has 28 heavy (non-hydrogen) atoms. The van der Waals surface area contributed by atoms with Crippen molar-refractivity contribution in [1.29, 1.82) is 0 Å². The number of nitrogens with one attached hydrogen (secondary N) is 2. The molecule has 0 bridgehead atoms. The van der Waals surface area contributed by atoms with Gasteiger partial charge in [-0.15, -0.1) is 23.5 Å². The molecule has 0 radical (unpaired) electrons. The number of hydrogen-bond acceptors (Lipinski definition) is 3. The number of likely N-dealkylation sites (tertiary alicyclic amines) is 1. The smallest absolute Gasteiger partial charge is 0.251 e. The average Bonchev–Trinajstić information content (AvgIpc) is 3.29. The van der Waals surface area contributed by atoms with E-state index in [0.29, 0.717) is 11.1 Å². The van der Waals surface area contributed by atoms with Crippen molar-refractivity contribution in [3.05, 3.63) is 70.8 Å². The van der Waals surface area contributed by atoms with Gasteiger partial charge in [0.1, 0.15) is 6.54 Å². The number of benzene rings is 2. The van der Waals surface area contributed by atoms with Crippen molar-refractivity contribution in [2.24, 2.45) is 0 Å². The van der Waals surface area contributed by atoms with Crippen LogP contribution in [0.3, 0.4) is 0 Å². The van der Waals surface area contributed by atoms with Gasteiger partial charge in [-0.25, -0.2) is 0 Å². The number of carbonyl (C=O) groups is 1. The zero-order chi connectivity index (χ0) is 19.2. The summed E-state index contributed by atoms with van der Waals surface area (Å²) in [6.45, 7) is 4.30. The molecule has 2 N–H and O–H groups in total. The van der Waals surface area contributed by atoms with E-state index in [4.69, 9.17) is 0 Å². The molecule has 2 heterocycles. The second-order valence-electron chi connectivity index (χ2n) is 7.68. The molecular formula is C23H29N2OS2+. The van der Waals surface area contributed by atoms with E-state index < -0.39 is 0 Å². The maximum atomic E-state index is 12.5. The Bertz CT molecular complexity index is 764. The molecule has 2 fully saturated rings. The van der Waals surface area contributed by atoms with E-state index in [1.54, 1.807) is 4.90 Å². The molecule has 2 aromatic rings. The normalized spacial score (nSPS) is 18.3. The van der Waals surface area contributed by atoms with Gasteiger partial charge in [-0.1, -0.05) is 36.4 Å². The average molecular weight is 414 g/mol. The standard InChI is InChI=1S/C23H28N2OS2/c26-22(20-8-10-21(11-9-20)23-27-14-15-28-23)24-16-18-4-6-19(7-5-18)17-25-12-2-1-3-13-25/h4-11,23H,1-3,12-17H2,(H,24,26)/p+1. The van der Waals surface area contributed by atoms with Crippen molar-refractivity contribution < 1.29 is 9.69 Å². The van der Waals surface area contributed by atoms with Crippen molar-refractivity contribution in [3.8, 4) is 0 Å². The van der Waals surface area contributed by atoms with E-state index in [9.17, 15) is 4.79 Å². The summed E-state index contributed by atoms with van der Waals surface area (Å²) in [7, 11) is 0. The minimum Gasteiger partial charge on any atom is -0.348 e. The third kappa shape index (κ3) is 5.34. The fourth-order valence-corrected chi connectivity index (χ4v) is 6.78. The number of thioether (sulfide) groups is 2. The van der Waals surface area contributed by atoms with E-state index >= 15 is 0 Å². The first-order valence-corrected chi connectivity index (χ1v) is 12.4. The highest BCUT2D eigenvalue weighted by atomic mass is 32.2. The van der Waals surface area contributed by atoms with Crippen LogP contribution in [0, 0.1) is 0 Å². The highest BCUT2D eigenvalue weighted by Gasteiger charge is 2.18. The zero-order valence-electron chi connectivity index (χ0n) is 16.3. The van der Waals surface area contributed by atoms with Crippen molar-refractivity contribution in [2.75, 3.05) is 24.6 Å². The molecule has 0 spiro atoms. The van der Waals surface area contributed by atoms with E-state index in [-0.39, 0.29) is 5.91 Å². The van der Waals surface area contributed by atoms with Crippen LogP contribution in [0.1, 0.15) is 50.9 Å². The number of quaternary nitrogens is 1. The molecule has 0 unspecified atom stereocenters. The van der Waals surface area contributed by atoms with Gasteiger partial charge in [-0.3, -0.25) is 4.79 Å². The maximum absolute atomic E-state index is 12.5. The molecule has 5 heteroatoms. The number of rotatable bonds is 6. The number of piperidine rings is 1. The monoisotopic (exact) mass is 413 g/mol. The lowest BCUT2D eigenvalue weighted by Crippen LogP contribution is -3.11. The maximum Gasteiger partial charge on any atom is 0.251 e. The Morgan fingerprint density at radius 3 is 2.21 bits per heavy atom. The molecule has 0 saturated carbocycles. The number of hydrogen-bond donors (Lipinski definition) is 2. The Balaban J connectivity index is 1.27. The van der Waals surface area contributed by atoms with Crippen LogP contribution < -0.4 is 10.2 Å². The molecule has 148 valence electrons. The van der Waals surface area contributed by atoms with Crippen LogP contribution in [-0.4, -0.2) is 30.5 Å². The second-order valence-corrected chi connectivity index (χ2v) is 10.4. The molecule has 2 aliphatic heterocycles. The number of amides is 1. The van der Waals surface area contributed by atoms with Gasteiger partial charge in [0.25, 0.3) is 5.91 Å². The van der Waals surface area contributed by atoms with Gasteiger partial charge in [-0.05, 0) is 42.5 Å². The molecule has 2 aromatic carbocycles. The van der Waals surface area contributed by atoms with Crippen LogP contribution in [0.2, 0.25) is 0 Å². The highest BCUT2D eigenvalue weighted by molar-refractivity contribution is 8.19. The Labute approximate surface area is 176 Å². The molecule has 2 aliphatic rings. The zero-order valence-corrected chi connectivity index (χ0v) is 17.9. The summed E-state index contributed by atoms with van der Waals surface area (Å²) in [5, 5.41) is 3.05. The summed E-state index contributed by atoms with van der Waals surface area (Å²) < 4.78 is 0.530. The predicted molar refractivity (Wildman–Crippen MR) is 120 cm³/mol. The Kier molecular flexibility index (Phi) is 7.00. The van der Waals surface area contributed by atoms with Crippen LogP contribution in [0.4, 0.5) is 0 Å². The molecule has 0 aliphatic carbocycles.